The number of aromatic nitrogens is 5. The number of likely N-dealkylation sites (tertiary alicyclic amines) is 1. The highest BCUT2D eigenvalue weighted by Gasteiger charge is 2.31. The number of nitrogens with zero attached hydrogens (tertiary/aromatic N) is 6. The fraction of sp³-hybridized carbons (Fsp3) is 0.421. The lowest BCUT2D eigenvalue weighted by atomic mass is 10.1. The summed E-state index contributed by atoms with van der Waals surface area (Å²) in [5.74, 6) is 0.830. The minimum Gasteiger partial charge on any atom is -0.334 e. The molecule has 1 N–H and O–H groups in total. The maximum Gasteiger partial charge on any atom is 0.322 e. The molecule has 10 nitrogen and oxygen atoms in total. The van der Waals surface area contributed by atoms with Crippen molar-refractivity contribution in [1.82, 2.24) is 29.4 Å². The average Bonchev–Trinajstić information content (AvgIpc) is 3.28. The first-order chi connectivity index (χ1) is 14.0. The second-order valence-electron chi connectivity index (χ2n) is 7.19. The van der Waals surface area contributed by atoms with Crippen LogP contribution >= 0.6 is 0 Å². The lowest BCUT2D eigenvalue weighted by Crippen LogP contribution is -2.39. The van der Waals surface area contributed by atoms with Gasteiger partial charge >= 0.3 is 6.03 Å². The van der Waals surface area contributed by atoms with Gasteiger partial charge in [-0.15, -0.1) is 0 Å². The van der Waals surface area contributed by atoms with E-state index in [9.17, 15) is 9.59 Å². The molecule has 4 heterocycles. The molecule has 1 aliphatic rings. The first-order valence-electron chi connectivity index (χ1n) is 9.59. The van der Waals surface area contributed by atoms with Crippen LogP contribution in [0.1, 0.15) is 37.5 Å². The topological polar surface area (TPSA) is 111 Å². The van der Waals surface area contributed by atoms with Gasteiger partial charge in [-0.05, 0) is 25.0 Å². The first-order valence-corrected chi connectivity index (χ1v) is 9.59. The number of anilines is 1. The highest BCUT2D eigenvalue weighted by molar-refractivity contribution is 5.89. The van der Waals surface area contributed by atoms with Gasteiger partial charge in [0.2, 0.25) is 0 Å². The Morgan fingerprint density at radius 2 is 2.14 bits per heavy atom. The third kappa shape index (κ3) is 3.91. The number of hydrogen-bond donors (Lipinski definition) is 1. The first kappa shape index (κ1) is 18.9. The molecule has 1 saturated heterocycles. The molecule has 1 atom stereocenters. The van der Waals surface area contributed by atoms with Gasteiger partial charge in [0.15, 0.2) is 5.82 Å². The minimum atomic E-state index is -0.340. The Morgan fingerprint density at radius 1 is 1.28 bits per heavy atom. The molecule has 0 spiro atoms. The van der Waals surface area contributed by atoms with Crippen LogP contribution in [0, 0.1) is 0 Å². The maximum absolute atomic E-state index is 13.0. The van der Waals surface area contributed by atoms with Gasteiger partial charge in [0.05, 0.1) is 17.8 Å². The van der Waals surface area contributed by atoms with E-state index in [1.165, 1.54) is 4.57 Å². The average molecular weight is 397 g/mol. The van der Waals surface area contributed by atoms with Crippen LogP contribution in [0.15, 0.2) is 40.0 Å². The van der Waals surface area contributed by atoms with E-state index in [2.05, 4.69) is 20.6 Å². The van der Waals surface area contributed by atoms with Crippen LogP contribution in [0.5, 0.6) is 0 Å². The Kier molecular flexibility index (Phi) is 5.15. The molecule has 0 aromatic carbocycles. The number of amides is 2. The molecule has 0 saturated carbocycles. The van der Waals surface area contributed by atoms with Gasteiger partial charge in [-0.25, -0.2) is 4.79 Å². The summed E-state index contributed by atoms with van der Waals surface area (Å²) in [5, 5.41) is 11.0. The zero-order chi connectivity index (χ0) is 20.4. The molecule has 0 aliphatic carbocycles. The lowest BCUT2D eigenvalue weighted by Gasteiger charge is -2.27. The number of rotatable bonds is 3. The smallest absolute Gasteiger partial charge is 0.322 e. The lowest BCUT2D eigenvalue weighted by molar-refractivity contribution is 0.185. The van der Waals surface area contributed by atoms with Crippen molar-refractivity contribution >= 4 is 11.7 Å². The minimum absolute atomic E-state index is 0.243. The fourth-order valence-corrected chi connectivity index (χ4v) is 3.52. The second kappa shape index (κ2) is 7.90. The van der Waals surface area contributed by atoms with E-state index in [1.807, 2.05) is 7.05 Å². The number of nitrogens with one attached hydrogen (secondary N) is 1. The van der Waals surface area contributed by atoms with E-state index in [1.54, 1.807) is 47.4 Å². The van der Waals surface area contributed by atoms with E-state index < -0.39 is 0 Å². The zero-order valence-corrected chi connectivity index (χ0v) is 16.4. The zero-order valence-electron chi connectivity index (χ0n) is 16.4. The van der Waals surface area contributed by atoms with Crippen molar-refractivity contribution in [1.29, 1.82) is 0 Å². The normalized spacial score (nSPS) is 17.2. The third-order valence-electron chi connectivity index (χ3n) is 5.07. The van der Waals surface area contributed by atoms with Crippen LogP contribution in [-0.4, -0.2) is 42.0 Å². The molecule has 29 heavy (non-hydrogen) atoms. The van der Waals surface area contributed by atoms with Crippen LogP contribution in [-0.2, 0) is 14.1 Å². The van der Waals surface area contributed by atoms with E-state index >= 15 is 0 Å². The van der Waals surface area contributed by atoms with E-state index in [0.717, 1.165) is 31.2 Å². The highest BCUT2D eigenvalue weighted by Crippen LogP contribution is 2.30. The summed E-state index contributed by atoms with van der Waals surface area (Å²) < 4.78 is 8.50. The van der Waals surface area contributed by atoms with Crippen molar-refractivity contribution in [3.05, 3.63) is 46.9 Å². The molecule has 0 radical (unpaired) electrons. The number of carbonyl (C=O) groups excluding carboxylic acids is 1. The second-order valence-corrected chi connectivity index (χ2v) is 7.19. The molecule has 1 aliphatic heterocycles. The van der Waals surface area contributed by atoms with Crippen LogP contribution in [0.25, 0.3) is 11.5 Å². The van der Waals surface area contributed by atoms with Crippen LogP contribution in [0.3, 0.4) is 0 Å². The fourth-order valence-electron chi connectivity index (χ4n) is 3.52. The van der Waals surface area contributed by atoms with Crippen molar-refractivity contribution in [3.63, 3.8) is 0 Å². The summed E-state index contributed by atoms with van der Waals surface area (Å²) >= 11 is 0. The monoisotopic (exact) mass is 397 g/mol. The molecular formula is C19H23N7O3. The Bertz CT molecular complexity index is 1070. The van der Waals surface area contributed by atoms with Crippen molar-refractivity contribution in [2.45, 2.75) is 31.7 Å². The van der Waals surface area contributed by atoms with Gasteiger partial charge in [-0.1, -0.05) is 18.0 Å². The molecule has 3 aromatic rings. The Balaban J connectivity index is 1.59. The van der Waals surface area contributed by atoms with Crippen LogP contribution in [0.2, 0.25) is 0 Å². The summed E-state index contributed by atoms with van der Waals surface area (Å²) in [6.07, 6.45) is 8.67. The third-order valence-corrected chi connectivity index (χ3v) is 5.07. The molecule has 2 amide bonds. The van der Waals surface area contributed by atoms with Gasteiger partial charge in [0.1, 0.15) is 5.69 Å². The van der Waals surface area contributed by atoms with Crippen LogP contribution < -0.4 is 10.9 Å². The predicted molar refractivity (Wildman–Crippen MR) is 105 cm³/mol. The summed E-state index contributed by atoms with van der Waals surface area (Å²) in [4.78, 5) is 31.5. The Hall–Kier alpha value is -3.43. The van der Waals surface area contributed by atoms with Gasteiger partial charge < -0.3 is 19.3 Å². The highest BCUT2D eigenvalue weighted by atomic mass is 16.5. The standard InChI is InChI=1S/C19H23N7O3/c1-24-9-6-7-14(18(24)27)21-19(28)26-10-5-3-4-8-15(26)16-22-17(29-23-16)13-11-20-25(2)12-13/h6-7,9,11-12,15H,3-5,8,10H2,1-2H3,(H,21,28). The molecule has 4 rings (SSSR count). The molecule has 152 valence electrons. The van der Waals surface area contributed by atoms with E-state index in [-0.39, 0.29) is 23.3 Å². The molecular weight excluding hydrogens is 374 g/mol. The molecule has 1 fully saturated rings. The molecule has 1 unspecified atom stereocenters. The number of aryl methyl sites for hydroxylation is 2. The number of hydrogen-bond acceptors (Lipinski definition) is 6. The van der Waals surface area contributed by atoms with Crippen molar-refractivity contribution in [3.8, 4) is 11.5 Å². The molecule has 0 bridgehead atoms. The summed E-state index contributed by atoms with van der Waals surface area (Å²) in [6.45, 7) is 0.556. The summed E-state index contributed by atoms with van der Waals surface area (Å²) in [6, 6.07) is 2.66. The van der Waals surface area contributed by atoms with Crippen LogP contribution in [0.4, 0.5) is 10.5 Å². The number of pyridine rings is 1. The Labute approximate surface area is 167 Å². The summed E-state index contributed by atoms with van der Waals surface area (Å²) in [7, 11) is 3.46. The molecule has 3 aromatic heterocycles. The predicted octanol–water partition coefficient (Wildman–Crippen LogP) is 2.32. The largest absolute Gasteiger partial charge is 0.334 e. The van der Waals surface area contributed by atoms with Gasteiger partial charge in [0.25, 0.3) is 11.4 Å². The van der Waals surface area contributed by atoms with Crippen molar-refractivity contribution in [2.75, 3.05) is 11.9 Å². The van der Waals surface area contributed by atoms with E-state index in [0.29, 0.717) is 18.3 Å². The van der Waals surface area contributed by atoms with Gasteiger partial charge in [0, 0.05) is 33.0 Å². The van der Waals surface area contributed by atoms with E-state index in [4.69, 9.17) is 4.52 Å². The SMILES string of the molecule is Cn1cc(-c2nc(C3CCCCCN3C(=O)Nc3cccn(C)c3=O)no2)cn1. The maximum atomic E-state index is 13.0. The molecule has 10 heteroatoms. The van der Waals surface area contributed by atoms with Gasteiger partial charge in [-0.2, -0.15) is 10.1 Å². The Morgan fingerprint density at radius 3 is 2.93 bits per heavy atom. The van der Waals surface area contributed by atoms with Crippen molar-refractivity contribution in [2.24, 2.45) is 14.1 Å². The number of urea groups is 1. The summed E-state index contributed by atoms with van der Waals surface area (Å²) in [5.41, 5.74) is 0.710. The number of carbonyl (C=O) groups is 1. The van der Waals surface area contributed by atoms with Crippen molar-refractivity contribution < 1.29 is 9.32 Å². The quantitative estimate of drug-likeness (QED) is 0.726. The van der Waals surface area contributed by atoms with Gasteiger partial charge in [-0.3, -0.25) is 9.48 Å².